The highest BCUT2D eigenvalue weighted by Gasteiger charge is 2.14. The van der Waals surface area contributed by atoms with Crippen LogP contribution in [0.4, 0.5) is 5.13 Å². The van der Waals surface area contributed by atoms with Crippen molar-refractivity contribution in [3.8, 4) is 10.7 Å². The number of hydrogen-bond donors (Lipinski definition) is 1. The fourth-order valence-corrected chi connectivity index (χ4v) is 3.61. The lowest BCUT2D eigenvalue weighted by Gasteiger charge is -2.06. The third-order valence-electron chi connectivity index (χ3n) is 3.34. The van der Waals surface area contributed by atoms with E-state index in [1.807, 2.05) is 29.9 Å². The van der Waals surface area contributed by atoms with E-state index >= 15 is 0 Å². The number of thiazole rings is 1. The Morgan fingerprint density at radius 2 is 2.09 bits per heavy atom. The number of aromatic nitrogens is 5. The maximum atomic E-state index is 5.64. The number of hydrogen-bond acceptors (Lipinski definition) is 7. The van der Waals surface area contributed by atoms with Crippen molar-refractivity contribution in [1.29, 1.82) is 0 Å². The van der Waals surface area contributed by atoms with Gasteiger partial charge in [-0.15, -0.1) is 21.5 Å². The molecule has 110 valence electrons. The third kappa shape index (κ3) is 2.36. The third-order valence-corrected chi connectivity index (χ3v) is 4.92. The number of fused-ring (bicyclic) bond motifs is 1. The highest BCUT2D eigenvalue weighted by atomic mass is 32.1. The van der Waals surface area contributed by atoms with E-state index in [0.29, 0.717) is 5.13 Å². The van der Waals surface area contributed by atoms with Gasteiger partial charge in [0.15, 0.2) is 5.82 Å². The molecule has 6 nitrogen and oxygen atoms in total. The van der Waals surface area contributed by atoms with Gasteiger partial charge in [-0.25, -0.2) is 4.98 Å². The standard InChI is InChI=1S/C14H12N6S2/c15-14-19-18-12(22-14)5-6-20-10-4-2-1-3-9(10)17-13(20)11-7-16-8-21-11/h1-4,7-8H,5-6H2,(H2,15,19). The van der Waals surface area contributed by atoms with Crippen LogP contribution in [-0.2, 0) is 13.0 Å². The second kappa shape index (κ2) is 5.47. The fraction of sp³-hybridized carbons (Fsp3) is 0.143. The molecule has 0 atom stereocenters. The van der Waals surface area contributed by atoms with E-state index in [0.717, 1.165) is 39.7 Å². The van der Waals surface area contributed by atoms with E-state index < -0.39 is 0 Å². The zero-order valence-corrected chi connectivity index (χ0v) is 13.1. The minimum atomic E-state index is 0.508. The zero-order valence-electron chi connectivity index (χ0n) is 11.5. The first-order chi connectivity index (χ1) is 10.8. The van der Waals surface area contributed by atoms with Crippen LogP contribution in [0.15, 0.2) is 36.0 Å². The SMILES string of the molecule is Nc1nnc(CCn2c(-c3cncs3)nc3ccccc32)s1. The van der Waals surface area contributed by atoms with E-state index in [9.17, 15) is 0 Å². The van der Waals surface area contributed by atoms with Crippen molar-refractivity contribution in [1.82, 2.24) is 24.7 Å². The van der Waals surface area contributed by atoms with E-state index in [-0.39, 0.29) is 0 Å². The number of nitrogens with two attached hydrogens (primary N) is 1. The molecule has 0 saturated carbocycles. The van der Waals surface area contributed by atoms with Crippen molar-refractivity contribution in [2.45, 2.75) is 13.0 Å². The van der Waals surface area contributed by atoms with Crippen LogP contribution >= 0.6 is 22.7 Å². The number of aryl methyl sites for hydroxylation is 2. The molecule has 22 heavy (non-hydrogen) atoms. The van der Waals surface area contributed by atoms with E-state index in [4.69, 9.17) is 10.7 Å². The smallest absolute Gasteiger partial charge is 0.203 e. The number of nitrogens with zero attached hydrogens (tertiary/aromatic N) is 5. The summed E-state index contributed by atoms with van der Waals surface area (Å²) in [7, 11) is 0. The molecule has 1 aromatic carbocycles. The molecule has 3 heterocycles. The van der Waals surface area contributed by atoms with Crippen LogP contribution in [0.1, 0.15) is 5.01 Å². The van der Waals surface area contributed by atoms with Gasteiger partial charge in [-0.1, -0.05) is 23.5 Å². The van der Waals surface area contributed by atoms with Gasteiger partial charge < -0.3 is 10.3 Å². The molecule has 0 unspecified atom stereocenters. The number of imidazole rings is 1. The lowest BCUT2D eigenvalue weighted by Crippen LogP contribution is -2.03. The van der Waals surface area contributed by atoms with Crippen molar-refractivity contribution >= 4 is 38.8 Å². The molecule has 3 aromatic heterocycles. The van der Waals surface area contributed by atoms with E-state index in [1.54, 1.807) is 11.3 Å². The molecule has 0 spiro atoms. The van der Waals surface area contributed by atoms with E-state index in [1.165, 1.54) is 11.3 Å². The minimum absolute atomic E-state index is 0.508. The minimum Gasteiger partial charge on any atom is -0.374 e. The highest BCUT2D eigenvalue weighted by Crippen LogP contribution is 2.27. The first kappa shape index (κ1) is 13.4. The number of para-hydroxylation sites is 2. The van der Waals surface area contributed by atoms with Gasteiger partial charge in [0.1, 0.15) is 5.01 Å². The van der Waals surface area contributed by atoms with Crippen molar-refractivity contribution in [2.24, 2.45) is 0 Å². The molecule has 2 N–H and O–H groups in total. The number of nitrogen functional groups attached to an aromatic ring is 1. The molecule has 0 aliphatic heterocycles. The Labute approximate surface area is 134 Å². The van der Waals surface area contributed by atoms with Crippen LogP contribution in [0.25, 0.3) is 21.7 Å². The highest BCUT2D eigenvalue weighted by molar-refractivity contribution is 7.15. The summed E-state index contributed by atoms with van der Waals surface area (Å²) in [4.78, 5) is 9.97. The molecule has 0 bridgehead atoms. The van der Waals surface area contributed by atoms with Gasteiger partial charge >= 0.3 is 0 Å². The molecule has 0 aliphatic carbocycles. The first-order valence-corrected chi connectivity index (χ1v) is 8.43. The lowest BCUT2D eigenvalue weighted by atomic mass is 10.3. The molecule has 0 aliphatic rings. The molecule has 4 aromatic rings. The Kier molecular flexibility index (Phi) is 3.32. The summed E-state index contributed by atoms with van der Waals surface area (Å²) in [6.07, 6.45) is 2.63. The van der Waals surface area contributed by atoms with Gasteiger partial charge in [0.2, 0.25) is 5.13 Å². The van der Waals surface area contributed by atoms with Gasteiger partial charge in [0.05, 0.1) is 21.4 Å². The molecule has 4 rings (SSSR count). The largest absolute Gasteiger partial charge is 0.374 e. The summed E-state index contributed by atoms with van der Waals surface area (Å²) in [5, 5.41) is 9.40. The molecule has 0 amide bonds. The quantitative estimate of drug-likeness (QED) is 0.623. The fourth-order valence-electron chi connectivity index (χ4n) is 2.39. The van der Waals surface area contributed by atoms with Gasteiger partial charge in [-0.3, -0.25) is 4.98 Å². The predicted molar refractivity (Wildman–Crippen MR) is 88.9 cm³/mol. The van der Waals surface area contributed by atoms with Gasteiger partial charge in [-0.2, -0.15) is 0 Å². The Bertz CT molecular complexity index is 909. The maximum Gasteiger partial charge on any atom is 0.203 e. The Balaban J connectivity index is 1.75. The number of anilines is 1. The number of benzene rings is 1. The summed E-state index contributed by atoms with van der Waals surface area (Å²) in [6.45, 7) is 0.780. The second-order valence-corrected chi connectivity index (χ2v) is 6.71. The summed E-state index contributed by atoms with van der Waals surface area (Å²) in [5.41, 5.74) is 9.57. The summed E-state index contributed by atoms with van der Waals surface area (Å²) >= 11 is 3.02. The molecular formula is C14H12N6S2. The zero-order chi connectivity index (χ0) is 14.9. The van der Waals surface area contributed by atoms with Crippen LogP contribution in [-0.4, -0.2) is 24.7 Å². The number of rotatable bonds is 4. The Morgan fingerprint density at radius 3 is 2.86 bits per heavy atom. The normalized spacial score (nSPS) is 11.3. The second-order valence-electron chi connectivity index (χ2n) is 4.73. The molecule has 8 heteroatoms. The van der Waals surface area contributed by atoms with Crippen LogP contribution in [0.5, 0.6) is 0 Å². The lowest BCUT2D eigenvalue weighted by molar-refractivity contribution is 0.715. The molecule has 0 fully saturated rings. The summed E-state index contributed by atoms with van der Waals surface area (Å²) < 4.78 is 2.21. The van der Waals surface area contributed by atoms with Crippen LogP contribution in [0.3, 0.4) is 0 Å². The van der Waals surface area contributed by atoms with Crippen molar-refractivity contribution in [3.05, 3.63) is 41.0 Å². The van der Waals surface area contributed by atoms with Gasteiger partial charge in [0, 0.05) is 19.2 Å². The molecule has 0 saturated heterocycles. The molecular weight excluding hydrogens is 316 g/mol. The predicted octanol–water partition coefficient (Wildman–Crippen LogP) is 2.84. The van der Waals surface area contributed by atoms with E-state index in [2.05, 4.69) is 25.8 Å². The van der Waals surface area contributed by atoms with Crippen LogP contribution in [0.2, 0.25) is 0 Å². The Morgan fingerprint density at radius 1 is 1.18 bits per heavy atom. The van der Waals surface area contributed by atoms with Crippen LogP contribution in [0, 0.1) is 0 Å². The van der Waals surface area contributed by atoms with Crippen LogP contribution < -0.4 is 5.73 Å². The average molecular weight is 328 g/mol. The van der Waals surface area contributed by atoms with Gasteiger partial charge in [0.25, 0.3) is 0 Å². The van der Waals surface area contributed by atoms with Crippen molar-refractivity contribution in [2.75, 3.05) is 5.73 Å². The summed E-state index contributed by atoms with van der Waals surface area (Å²) in [5.74, 6) is 0.946. The van der Waals surface area contributed by atoms with Crippen molar-refractivity contribution in [3.63, 3.8) is 0 Å². The Hall–Kier alpha value is -2.32. The molecule has 0 radical (unpaired) electrons. The average Bonchev–Trinajstić information content (AvgIpc) is 3.24. The summed E-state index contributed by atoms with van der Waals surface area (Å²) in [6, 6.07) is 8.14. The maximum absolute atomic E-state index is 5.64. The topological polar surface area (TPSA) is 82.5 Å². The monoisotopic (exact) mass is 328 g/mol. The van der Waals surface area contributed by atoms with Crippen molar-refractivity contribution < 1.29 is 0 Å². The van der Waals surface area contributed by atoms with Gasteiger partial charge in [-0.05, 0) is 12.1 Å². The first-order valence-electron chi connectivity index (χ1n) is 6.73.